The first-order chi connectivity index (χ1) is 8.87. The third-order valence-electron chi connectivity index (χ3n) is 2.19. The molecule has 3 nitrogen and oxygen atoms in total. The van der Waals surface area contributed by atoms with Crippen LogP contribution in [0.5, 0.6) is 5.75 Å². The van der Waals surface area contributed by atoms with Gasteiger partial charge in [0, 0.05) is 5.56 Å². The molecular weight excluding hydrogens is 324 g/mol. The van der Waals surface area contributed by atoms with Crippen molar-refractivity contribution in [2.45, 2.75) is 10.6 Å². The van der Waals surface area contributed by atoms with Crippen molar-refractivity contribution in [1.82, 2.24) is 0 Å². The van der Waals surface area contributed by atoms with Crippen molar-refractivity contribution in [1.29, 1.82) is 0 Å². The molecule has 0 saturated carbocycles. The van der Waals surface area contributed by atoms with Gasteiger partial charge in [-0.1, -0.05) is 12.1 Å². The van der Waals surface area contributed by atoms with E-state index < -0.39 is 17.4 Å². The summed E-state index contributed by atoms with van der Waals surface area (Å²) in [4.78, 5) is 0. The van der Waals surface area contributed by atoms with E-state index in [2.05, 4.69) is 4.74 Å². The third kappa shape index (κ3) is 4.57. The number of hydrogen-bond acceptors (Lipinski definition) is 3. The van der Waals surface area contributed by atoms with Gasteiger partial charge in [-0.25, -0.2) is 4.21 Å². The zero-order chi connectivity index (χ0) is 14.0. The first-order valence-corrected chi connectivity index (χ1v) is 6.90. The van der Waals surface area contributed by atoms with Crippen molar-refractivity contribution in [3.63, 3.8) is 0 Å². The summed E-state index contributed by atoms with van der Waals surface area (Å²) in [6.07, 6.45) is -4.73. The first kappa shape index (κ1) is 17.7. The van der Waals surface area contributed by atoms with E-state index in [1.54, 1.807) is 11.4 Å². The quantitative estimate of drug-likeness (QED) is 0.693. The Morgan fingerprint density at radius 1 is 1.15 bits per heavy atom. The van der Waals surface area contributed by atoms with E-state index in [-0.39, 0.29) is 39.5 Å². The summed E-state index contributed by atoms with van der Waals surface area (Å²) in [7, 11) is 0. The molecule has 1 heterocycles. The summed E-state index contributed by atoms with van der Waals surface area (Å²) < 4.78 is 60.1. The van der Waals surface area contributed by atoms with Crippen LogP contribution in [-0.2, 0) is 11.1 Å². The van der Waals surface area contributed by atoms with Crippen LogP contribution >= 0.6 is 11.3 Å². The van der Waals surface area contributed by atoms with E-state index in [0.717, 1.165) is 23.5 Å². The van der Waals surface area contributed by atoms with Crippen LogP contribution in [0.1, 0.15) is 0 Å². The topological polar surface area (TPSA) is 46.5 Å². The number of thiophene rings is 1. The van der Waals surface area contributed by atoms with Gasteiger partial charge in [-0.05, 0) is 29.1 Å². The average molecular weight is 332 g/mol. The normalized spacial score (nSPS) is 12.6. The Hall–Kier alpha value is -0.380. The second-order valence-electron chi connectivity index (χ2n) is 3.44. The Kier molecular flexibility index (Phi) is 6.24. The number of hydrogen-bond donors (Lipinski definition) is 1. The van der Waals surface area contributed by atoms with Gasteiger partial charge < -0.3 is 9.29 Å². The average Bonchev–Trinajstić information content (AvgIpc) is 2.76. The van der Waals surface area contributed by atoms with Gasteiger partial charge in [0.2, 0.25) is 0 Å². The maximum absolute atomic E-state index is 12.0. The van der Waals surface area contributed by atoms with Crippen molar-refractivity contribution in [2.75, 3.05) is 0 Å². The molecule has 0 spiro atoms. The second-order valence-corrected chi connectivity index (χ2v) is 5.52. The van der Waals surface area contributed by atoms with Crippen LogP contribution in [0.4, 0.5) is 13.2 Å². The predicted octanol–water partition coefficient (Wildman–Crippen LogP) is 3.25. The maximum atomic E-state index is 12.0. The Morgan fingerprint density at radius 2 is 1.75 bits per heavy atom. The fourth-order valence-corrected chi connectivity index (χ4v) is 2.99. The van der Waals surface area contributed by atoms with Crippen LogP contribution in [0.3, 0.4) is 0 Å². The van der Waals surface area contributed by atoms with Crippen LogP contribution < -0.4 is 4.74 Å². The van der Waals surface area contributed by atoms with Crippen molar-refractivity contribution in [2.24, 2.45) is 0 Å². The molecule has 0 fully saturated rings. The molecule has 0 saturated heterocycles. The van der Waals surface area contributed by atoms with E-state index >= 15 is 0 Å². The molecule has 1 unspecified atom stereocenters. The van der Waals surface area contributed by atoms with Gasteiger partial charge in [0.25, 0.3) is 0 Å². The zero-order valence-corrected chi connectivity index (χ0v) is 10.8. The van der Waals surface area contributed by atoms with Gasteiger partial charge in [0.15, 0.2) is 11.1 Å². The summed E-state index contributed by atoms with van der Waals surface area (Å²) in [6, 6.07) is 6.75. The van der Waals surface area contributed by atoms with Gasteiger partial charge in [0.1, 0.15) is 9.96 Å². The first-order valence-electron chi connectivity index (χ1n) is 4.91. The molecule has 1 N–H and O–H groups in total. The van der Waals surface area contributed by atoms with Crippen molar-refractivity contribution in [3.8, 4) is 16.9 Å². The molecule has 104 valence electrons. The van der Waals surface area contributed by atoms with E-state index in [4.69, 9.17) is 4.55 Å². The molecule has 0 aliphatic carbocycles. The summed E-state index contributed by atoms with van der Waals surface area (Å²) in [6.45, 7) is 0. The number of ether oxygens (including phenoxy) is 1. The molecule has 1 atom stereocenters. The van der Waals surface area contributed by atoms with Crippen molar-refractivity contribution < 1.29 is 26.7 Å². The van der Waals surface area contributed by atoms with Crippen LogP contribution in [-0.4, -0.2) is 44.7 Å². The van der Waals surface area contributed by atoms with Gasteiger partial charge >= 0.3 is 35.9 Å². The van der Waals surface area contributed by atoms with E-state index in [1.807, 2.05) is 0 Å². The molecule has 0 aliphatic heterocycles. The van der Waals surface area contributed by atoms with Crippen molar-refractivity contribution >= 4 is 52.0 Å². The van der Waals surface area contributed by atoms with Crippen molar-refractivity contribution in [3.05, 3.63) is 35.7 Å². The minimum atomic E-state index is -4.73. The molecule has 1 aromatic carbocycles. The standard InChI is InChI=1S/C11H7F3O3S2.Na.H/c12-11(13,14)17-8-3-1-7(2-4-8)9-5-6-18-10(9)19(15)16;;/h1-6H,(H,15,16);;. The molecule has 1 aromatic heterocycles. The van der Waals surface area contributed by atoms with Gasteiger partial charge in [-0.2, -0.15) is 0 Å². The molecule has 9 heteroatoms. The third-order valence-corrected chi connectivity index (χ3v) is 4.15. The second kappa shape index (κ2) is 7.06. The summed E-state index contributed by atoms with van der Waals surface area (Å²) >= 11 is -1.02. The van der Waals surface area contributed by atoms with E-state index in [1.165, 1.54) is 12.1 Å². The Balaban J connectivity index is 0.00000200. The van der Waals surface area contributed by atoms with Crippen LogP contribution in [0.2, 0.25) is 0 Å². The molecule has 0 radical (unpaired) electrons. The van der Waals surface area contributed by atoms with E-state index in [0.29, 0.717) is 11.1 Å². The van der Waals surface area contributed by atoms with Crippen LogP contribution in [0, 0.1) is 0 Å². The zero-order valence-electron chi connectivity index (χ0n) is 9.18. The predicted molar refractivity (Wildman–Crippen MR) is 72.6 cm³/mol. The molecule has 0 amide bonds. The molecule has 2 rings (SSSR count). The fourth-order valence-electron chi connectivity index (χ4n) is 1.48. The molecular formula is C11H8F3NaO3S2. The Bertz CT molecular complexity index is 596. The fraction of sp³-hybridized carbons (Fsp3) is 0.0909. The summed E-state index contributed by atoms with van der Waals surface area (Å²) in [5.74, 6) is -0.335. The molecule has 20 heavy (non-hydrogen) atoms. The van der Waals surface area contributed by atoms with Crippen LogP contribution in [0.15, 0.2) is 39.9 Å². The molecule has 0 bridgehead atoms. The molecule has 2 aromatic rings. The monoisotopic (exact) mass is 332 g/mol. The number of alkyl halides is 3. The minimum absolute atomic E-state index is 0. The molecule has 0 aliphatic rings. The van der Waals surface area contributed by atoms with Gasteiger partial charge in [0.05, 0.1) is 0 Å². The summed E-state index contributed by atoms with van der Waals surface area (Å²) in [5.41, 5.74) is 1.07. The SMILES string of the molecule is O=S(O)c1sccc1-c1ccc(OC(F)(F)F)cc1.[NaH]. The van der Waals surface area contributed by atoms with Gasteiger partial charge in [-0.3, -0.25) is 0 Å². The number of benzene rings is 1. The Labute approximate surface area is 141 Å². The van der Waals surface area contributed by atoms with Gasteiger partial charge in [-0.15, -0.1) is 24.5 Å². The summed E-state index contributed by atoms with van der Waals surface area (Å²) in [5, 5.41) is 1.64. The number of halogens is 3. The van der Waals surface area contributed by atoms with Crippen LogP contribution in [0.25, 0.3) is 11.1 Å². The number of rotatable bonds is 3. The Morgan fingerprint density at radius 3 is 2.25 bits per heavy atom. The van der Waals surface area contributed by atoms with E-state index in [9.17, 15) is 17.4 Å².